The van der Waals surface area contributed by atoms with Gasteiger partial charge in [-0.15, -0.1) is 0 Å². The highest BCUT2D eigenvalue weighted by atomic mass is 16.5. The van der Waals surface area contributed by atoms with Gasteiger partial charge in [-0.25, -0.2) is 0 Å². The molecule has 0 amide bonds. The van der Waals surface area contributed by atoms with Crippen molar-refractivity contribution in [2.75, 3.05) is 46.5 Å². The Bertz CT molecular complexity index is 288. The molecule has 2 rings (SSSR count). The van der Waals surface area contributed by atoms with E-state index in [0.29, 0.717) is 12.0 Å². The van der Waals surface area contributed by atoms with Gasteiger partial charge in [0.25, 0.3) is 0 Å². The molecule has 4 heteroatoms. The van der Waals surface area contributed by atoms with Crippen LogP contribution in [0.3, 0.4) is 0 Å². The van der Waals surface area contributed by atoms with Gasteiger partial charge in [-0.05, 0) is 45.7 Å². The van der Waals surface area contributed by atoms with Crippen molar-refractivity contribution in [3.8, 4) is 0 Å². The molecule has 0 aromatic rings. The van der Waals surface area contributed by atoms with E-state index in [4.69, 9.17) is 9.47 Å². The summed E-state index contributed by atoms with van der Waals surface area (Å²) >= 11 is 0. The van der Waals surface area contributed by atoms with E-state index in [-0.39, 0.29) is 5.60 Å². The van der Waals surface area contributed by atoms with Gasteiger partial charge in [0.1, 0.15) is 0 Å². The quantitative estimate of drug-likeness (QED) is 0.807. The zero-order valence-corrected chi connectivity index (χ0v) is 13.5. The molecule has 2 aliphatic rings. The Hall–Kier alpha value is -0.160. The highest BCUT2D eigenvalue weighted by molar-refractivity contribution is 4.88. The molecule has 0 bridgehead atoms. The molecule has 20 heavy (non-hydrogen) atoms. The van der Waals surface area contributed by atoms with Crippen molar-refractivity contribution in [1.82, 2.24) is 10.2 Å². The first-order chi connectivity index (χ1) is 9.67. The molecular formula is C16H32N2O2. The van der Waals surface area contributed by atoms with E-state index in [1.54, 1.807) is 0 Å². The van der Waals surface area contributed by atoms with Gasteiger partial charge in [0.05, 0.1) is 12.2 Å². The first kappa shape index (κ1) is 16.2. The summed E-state index contributed by atoms with van der Waals surface area (Å²) in [6, 6.07) is 0.624. The van der Waals surface area contributed by atoms with Crippen LogP contribution < -0.4 is 5.32 Å². The average Bonchev–Trinajstić information content (AvgIpc) is 2.46. The van der Waals surface area contributed by atoms with E-state index in [1.807, 2.05) is 7.11 Å². The first-order valence-electron chi connectivity index (χ1n) is 8.25. The van der Waals surface area contributed by atoms with E-state index in [1.165, 1.54) is 25.8 Å². The third-order valence-electron chi connectivity index (χ3n) is 4.85. The maximum Gasteiger partial charge on any atom is 0.0777 e. The zero-order valence-electron chi connectivity index (χ0n) is 13.5. The van der Waals surface area contributed by atoms with Crippen LogP contribution in [-0.4, -0.2) is 63.0 Å². The maximum atomic E-state index is 5.71. The summed E-state index contributed by atoms with van der Waals surface area (Å²) in [5.41, 5.74) is 0.0418. The predicted molar refractivity (Wildman–Crippen MR) is 82.1 cm³/mol. The van der Waals surface area contributed by atoms with Crippen LogP contribution in [0.2, 0.25) is 0 Å². The number of nitrogens with zero attached hydrogens (tertiary/aromatic N) is 1. The third kappa shape index (κ3) is 4.42. The largest absolute Gasteiger partial charge is 0.381 e. The summed E-state index contributed by atoms with van der Waals surface area (Å²) in [7, 11) is 1.85. The van der Waals surface area contributed by atoms with E-state index in [9.17, 15) is 0 Å². The fourth-order valence-electron chi connectivity index (χ4n) is 3.54. The molecule has 0 saturated carbocycles. The summed E-state index contributed by atoms with van der Waals surface area (Å²) in [6.07, 6.45) is 4.78. The molecule has 2 fully saturated rings. The first-order valence-corrected chi connectivity index (χ1v) is 8.25. The van der Waals surface area contributed by atoms with Gasteiger partial charge in [0, 0.05) is 38.8 Å². The number of hydrogen-bond donors (Lipinski definition) is 1. The monoisotopic (exact) mass is 284 g/mol. The lowest BCUT2D eigenvalue weighted by Gasteiger charge is -2.42. The van der Waals surface area contributed by atoms with Crippen LogP contribution in [-0.2, 0) is 9.47 Å². The predicted octanol–water partition coefficient (Wildman–Crippen LogP) is 1.89. The summed E-state index contributed by atoms with van der Waals surface area (Å²) < 4.78 is 11.4. The summed E-state index contributed by atoms with van der Waals surface area (Å²) in [6.45, 7) is 10.8. The minimum absolute atomic E-state index is 0.0418. The van der Waals surface area contributed by atoms with E-state index < -0.39 is 0 Å². The van der Waals surface area contributed by atoms with Crippen molar-refractivity contribution >= 4 is 0 Å². The molecule has 2 heterocycles. The second-order valence-electron chi connectivity index (χ2n) is 6.68. The maximum absolute atomic E-state index is 5.71. The number of hydrogen-bond acceptors (Lipinski definition) is 4. The van der Waals surface area contributed by atoms with Crippen molar-refractivity contribution in [3.63, 3.8) is 0 Å². The lowest BCUT2D eigenvalue weighted by molar-refractivity contribution is -0.0625. The number of methoxy groups -OCH3 is 1. The number of likely N-dealkylation sites (tertiary alicyclic amines) is 1. The average molecular weight is 284 g/mol. The van der Waals surface area contributed by atoms with E-state index in [2.05, 4.69) is 24.1 Å². The van der Waals surface area contributed by atoms with Gasteiger partial charge in [0.15, 0.2) is 0 Å². The Labute approximate surface area is 124 Å². The van der Waals surface area contributed by atoms with E-state index >= 15 is 0 Å². The summed E-state index contributed by atoms with van der Waals surface area (Å²) in [5.74, 6) is 0.620. The van der Waals surface area contributed by atoms with Gasteiger partial charge in [-0.3, -0.25) is 0 Å². The summed E-state index contributed by atoms with van der Waals surface area (Å²) in [4.78, 5) is 2.58. The van der Waals surface area contributed by atoms with Crippen LogP contribution >= 0.6 is 0 Å². The highest BCUT2D eigenvalue weighted by Crippen LogP contribution is 2.26. The van der Waals surface area contributed by atoms with Gasteiger partial charge in [-0.1, -0.05) is 6.92 Å². The minimum Gasteiger partial charge on any atom is -0.381 e. The fraction of sp³-hybridized carbons (Fsp3) is 1.00. The SMILES string of the molecule is CCCNC1CCOCC1CN1CCCC(C)(OC)C1. The Balaban J connectivity index is 1.86. The molecule has 2 aliphatic heterocycles. The minimum atomic E-state index is 0.0418. The molecule has 1 N–H and O–H groups in total. The molecule has 3 unspecified atom stereocenters. The Morgan fingerprint density at radius 2 is 2.30 bits per heavy atom. The van der Waals surface area contributed by atoms with Crippen molar-refractivity contribution in [3.05, 3.63) is 0 Å². The van der Waals surface area contributed by atoms with Crippen LogP contribution in [0, 0.1) is 5.92 Å². The highest BCUT2D eigenvalue weighted by Gasteiger charge is 2.34. The van der Waals surface area contributed by atoms with Crippen molar-refractivity contribution in [1.29, 1.82) is 0 Å². The molecule has 0 aromatic heterocycles. The Kier molecular flexibility index (Phi) is 6.27. The molecule has 2 saturated heterocycles. The number of rotatable bonds is 6. The molecule has 4 nitrogen and oxygen atoms in total. The fourth-order valence-corrected chi connectivity index (χ4v) is 3.54. The lowest BCUT2D eigenvalue weighted by atomic mass is 9.91. The molecule has 0 radical (unpaired) electrons. The molecule has 0 spiro atoms. The molecule has 0 aromatic carbocycles. The third-order valence-corrected chi connectivity index (χ3v) is 4.85. The Morgan fingerprint density at radius 1 is 1.45 bits per heavy atom. The smallest absolute Gasteiger partial charge is 0.0777 e. The van der Waals surface area contributed by atoms with Crippen molar-refractivity contribution in [2.45, 2.75) is 51.2 Å². The topological polar surface area (TPSA) is 33.7 Å². The van der Waals surface area contributed by atoms with Gasteiger partial charge in [-0.2, -0.15) is 0 Å². The van der Waals surface area contributed by atoms with Gasteiger partial charge < -0.3 is 19.7 Å². The number of ether oxygens (including phenoxy) is 2. The second-order valence-corrected chi connectivity index (χ2v) is 6.68. The summed E-state index contributed by atoms with van der Waals surface area (Å²) in [5, 5.41) is 3.71. The Morgan fingerprint density at radius 3 is 3.05 bits per heavy atom. The van der Waals surface area contributed by atoms with Crippen LogP contribution in [0.5, 0.6) is 0 Å². The molecule has 0 aliphatic carbocycles. The standard InChI is InChI=1S/C16H32N2O2/c1-4-8-17-15-6-10-20-12-14(15)11-18-9-5-7-16(2,13-18)19-3/h14-15,17H,4-13H2,1-3H3. The molecule has 118 valence electrons. The van der Waals surface area contributed by atoms with Crippen LogP contribution in [0.25, 0.3) is 0 Å². The van der Waals surface area contributed by atoms with Crippen LogP contribution in [0.1, 0.15) is 39.5 Å². The molecule has 3 atom stereocenters. The number of nitrogens with one attached hydrogen (secondary N) is 1. The zero-order chi connectivity index (χ0) is 14.4. The van der Waals surface area contributed by atoms with Crippen molar-refractivity contribution < 1.29 is 9.47 Å². The van der Waals surface area contributed by atoms with Gasteiger partial charge >= 0.3 is 0 Å². The van der Waals surface area contributed by atoms with E-state index in [0.717, 1.165) is 39.3 Å². The molecular weight excluding hydrogens is 252 g/mol. The van der Waals surface area contributed by atoms with Gasteiger partial charge in [0.2, 0.25) is 0 Å². The van der Waals surface area contributed by atoms with Crippen molar-refractivity contribution in [2.24, 2.45) is 5.92 Å². The number of piperidine rings is 1. The second kappa shape index (κ2) is 7.74. The normalized spacial score (nSPS) is 36.1. The van der Waals surface area contributed by atoms with Crippen LogP contribution in [0.4, 0.5) is 0 Å². The van der Waals surface area contributed by atoms with Crippen LogP contribution in [0.15, 0.2) is 0 Å². The lowest BCUT2D eigenvalue weighted by Crippen LogP contribution is -2.53.